The van der Waals surface area contributed by atoms with Crippen LogP contribution in [0.4, 0.5) is 21.9 Å². The highest BCUT2D eigenvalue weighted by Crippen LogP contribution is 2.18. The average molecular weight is 447 g/mol. The summed E-state index contributed by atoms with van der Waals surface area (Å²) in [5.41, 5.74) is 6.10. The summed E-state index contributed by atoms with van der Waals surface area (Å²) in [5.74, 6) is 0.481. The molecule has 170 valence electrons. The molecular formula is C25H26N4O4. The molecule has 0 saturated carbocycles. The minimum Gasteiger partial charge on any atom is -0.497 e. The Morgan fingerprint density at radius 2 is 1.48 bits per heavy atom. The van der Waals surface area contributed by atoms with Gasteiger partial charge in [-0.05, 0) is 61.0 Å². The molecule has 0 aromatic heterocycles. The molecule has 0 unspecified atom stereocenters. The van der Waals surface area contributed by atoms with Gasteiger partial charge < -0.3 is 20.1 Å². The molecule has 0 heterocycles. The van der Waals surface area contributed by atoms with E-state index in [1.807, 2.05) is 54.6 Å². The summed E-state index contributed by atoms with van der Waals surface area (Å²) in [4.78, 5) is 24.1. The van der Waals surface area contributed by atoms with Crippen LogP contribution in [0.5, 0.6) is 5.75 Å². The molecule has 0 saturated heterocycles. The predicted octanol–water partition coefficient (Wildman–Crippen LogP) is 5.07. The Balaban J connectivity index is 1.40. The van der Waals surface area contributed by atoms with Crippen molar-refractivity contribution in [1.82, 2.24) is 5.43 Å². The molecule has 0 spiro atoms. The Morgan fingerprint density at radius 3 is 2.15 bits per heavy atom. The zero-order valence-corrected chi connectivity index (χ0v) is 18.5. The van der Waals surface area contributed by atoms with Gasteiger partial charge in [-0.15, -0.1) is 0 Å². The van der Waals surface area contributed by atoms with E-state index in [4.69, 9.17) is 9.47 Å². The summed E-state index contributed by atoms with van der Waals surface area (Å²) in [6.07, 6.45) is -0.671. The molecule has 0 radical (unpaired) electrons. The van der Waals surface area contributed by atoms with Crippen molar-refractivity contribution in [3.05, 3.63) is 84.4 Å². The zero-order valence-electron chi connectivity index (χ0n) is 18.5. The molecule has 0 aliphatic carbocycles. The van der Waals surface area contributed by atoms with E-state index < -0.39 is 6.09 Å². The Bertz CT molecular complexity index is 1080. The second-order valence-corrected chi connectivity index (χ2v) is 7.18. The molecule has 33 heavy (non-hydrogen) atoms. The van der Waals surface area contributed by atoms with Crippen molar-refractivity contribution in [3.8, 4) is 5.75 Å². The summed E-state index contributed by atoms with van der Waals surface area (Å²) in [5, 5.41) is 9.99. The van der Waals surface area contributed by atoms with Crippen LogP contribution in [-0.4, -0.2) is 24.8 Å². The highest BCUT2D eigenvalue weighted by Gasteiger charge is 2.07. The number of hydrogen-bond donors (Lipinski definition) is 3. The van der Waals surface area contributed by atoms with Gasteiger partial charge in [0.1, 0.15) is 12.4 Å². The first kappa shape index (κ1) is 23.3. The topological polar surface area (TPSA) is 101 Å². The second kappa shape index (κ2) is 11.9. The number of anilines is 3. The molecule has 0 atom stereocenters. The van der Waals surface area contributed by atoms with Crippen molar-refractivity contribution in [3.63, 3.8) is 0 Å². The maximum Gasteiger partial charge on any atom is 0.428 e. The van der Waals surface area contributed by atoms with Crippen LogP contribution in [0.2, 0.25) is 0 Å². The SMILES string of the molecule is COc1ccc(COC(=O)N/N=C(/C)CC(=O)Nc2ccc(Nc3ccccc3)cc2)cc1. The van der Waals surface area contributed by atoms with Crippen molar-refractivity contribution in [2.75, 3.05) is 17.7 Å². The number of hydrazone groups is 1. The summed E-state index contributed by atoms with van der Waals surface area (Å²) >= 11 is 0. The number of hydrogen-bond acceptors (Lipinski definition) is 6. The number of amides is 2. The lowest BCUT2D eigenvalue weighted by atomic mass is 10.2. The fourth-order valence-corrected chi connectivity index (χ4v) is 2.85. The first-order valence-corrected chi connectivity index (χ1v) is 10.3. The van der Waals surface area contributed by atoms with Gasteiger partial charge >= 0.3 is 6.09 Å². The molecule has 3 aromatic carbocycles. The van der Waals surface area contributed by atoms with Crippen molar-refractivity contribution in [1.29, 1.82) is 0 Å². The second-order valence-electron chi connectivity index (χ2n) is 7.18. The van der Waals surface area contributed by atoms with E-state index in [1.165, 1.54) is 0 Å². The van der Waals surface area contributed by atoms with E-state index in [0.717, 1.165) is 22.7 Å². The van der Waals surface area contributed by atoms with Crippen molar-refractivity contribution in [2.24, 2.45) is 5.10 Å². The van der Waals surface area contributed by atoms with Crippen LogP contribution in [0.3, 0.4) is 0 Å². The standard InChI is InChI=1S/C25H26N4O4/c1-18(28-29-25(31)33-17-19-8-14-23(32-2)15-9-19)16-24(30)27-22-12-10-21(11-13-22)26-20-6-4-3-5-7-20/h3-15,26H,16-17H2,1-2H3,(H,27,30)(H,29,31)/b28-18-. The molecule has 3 aromatic rings. The Kier molecular flexibility index (Phi) is 8.41. The fourth-order valence-electron chi connectivity index (χ4n) is 2.85. The fraction of sp³-hybridized carbons (Fsp3) is 0.160. The minimum absolute atomic E-state index is 0.0305. The number of ether oxygens (including phenoxy) is 2. The van der Waals surface area contributed by atoms with Gasteiger partial charge in [-0.3, -0.25) is 4.79 Å². The molecule has 8 heteroatoms. The van der Waals surface area contributed by atoms with Gasteiger partial charge in [-0.1, -0.05) is 30.3 Å². The van der Waals surface area contributed by atoms with Gasteiger partial charge in [0.2, 0.25) is 5.91 Å². The van der Waals surface area contributed by atoms with Crippen LogP contribution >= 0.6 is 0 Å². The lowest BCUT2D eigenvalue weighted by Crippen LogP contribution is -2.22. The van der Waals surface area contributed by atoms with E-state index in [1.54, 1.807) is 38.3 Å². The van der Waals surface area contributed by atoms with Gasteiger partial charge in [0.15, 0.2) is 0 Å². The smallest absolute Gasteiger partial charge is 0.428 e. The molecule has 8 nitrogen and oxygen atoms in total. The third kappa shape index (κ3) is 8.02. The van der Waals surface area contributed by atoms with E-state index in [0.29, 0.717) is 11.4 Å². The first-order chi connectivity index (χ1) is 16.0. The zero-order chi connectivity index (χ0) is 23.5. The van der Waals surface area contributed by atoms with Gasteiger partial charge in [-0.25, -0.2) is 10.2 Å². The lowest BCUT2D eigenvalue weighted by Gasteiger charge is -2.09. The summed E-state index contributed by atoms with van der Waals surface area (Å²) in [6, 6.07) is 24.4. The van der Waals surface area contributed by atoms with Crippen LogP contribution in [-0.2, 0) is 16.1 Å². The molecule has 3 rings (SSSR count). The molecule has 0 bridgehead atoms. The van der Waals surface area contributed by atoms with Crippen LogP contribution in [0.15, 0.2) is 84.0 Å². The van der Waals surface area contributed by atoms with Crippen molar-refractivity contribution in [2.45, 2.75) is 20.0 Å². The van der Waals surface area contributed by atoms with E-state index in [9.17, 15) is 9.59 Å². The third-order valence-corrected chi connectivity index (χ3v) is 4.51. The number of benzene rings is 3. The van der Waals surface area contributed by atoms with Gasteiger partial charge in [-0.2, -0.15) is 5.10 Å². The van der Waals surface area contributed by atoms with E-state index >= 15 is 0 Å². The third-order valence-electron chi connectivity index (χ3n) is 4.51. The van der Waals surface area contributed by atoms with Crippen LogP contribution in [0.25, 0.3) is 0 Å². The normalized spacial score (nSPS) is 10.8. The number of nitrogens with one attached hydrogen (secondary N) is 3. The number of para-hydroxylation sites is 1. The number of nitrogens with zero attached hydrogens (tertiary/aromatic N) is 1. The maximum atomic E-state index is 12.2. The van der Waals surface area contributed by atoms with Gasteiger partial charge in [0.05, 0.1) is 13.5 Å². The van der Waals surface area contributed by atoms with Crippen molar-refractivity contribution < 1.29 is 19.1 Å². The summed E-state index contributed by atoms with van der Waals surface area (Å²) < 4.78 is 10.2. The molecule has 3 N–H and O–H groups in total. The predicted molar refractivity (Wildman–Crippen MR) is 129 cm³/mol. The number of rotatable bonds is 9. The lowest BCUT2D eigenvalue weighted by molar-refractivity contribution is -0.115. The Morgan fingerprint density at radius 1 is 0.848 bits per heavy atom. The first-order valence-electron chi connectivity index (χ1n) is 10.3. The van der Waals surface area contributed by atoms with E-state index in [-0.39, 0.29) is 18.9 Å². The monoisotopic (exact) mass is 446 g/mol. The molecule has 0 aliphatic rings. The van der Waals surface area contributed by atoms with Gasteiger partial charge in [0.25, 0.3) is 0 Å². The summed E-state index contributed by atoms with van der Waals surface area (Å²) in [7, 11) is 1.58. The summed E-state index contributed by atoms with van der Waals surface area (Å²) in [6.45, 7) is 1.75. The highest BCUT2D eigenvalue weighted by molar-refractivity contribution is 6.05. The quantitative estimate of drug-likeness (QED) is 0.315. The minimum atomic E-state index is -0.702. The average Bonchev–Trinajstić information content (AvgIpc) is 2.83. The van der Waals surface area contributed by atoms with Crippen LogP contribution in [0.1, 0.15) is 18.9 Å². The number of carbonyl (C=O) groups excluding carboxylic acids is 2. The molecule has 2 amide bonds. The maximum absolute atomic E-state index is 12.2. The van der Waals surface area contributed by atoms with E-state index in [2.05, 4.69) is 21.2 Å². The van der Waals surface area contributed by atoms with Crippen molar-refractivity contribution >= 4 is 34.8 Å². The number of methoxy groups -OCH3 is 1. The highest BCUT2D eigenvalue weighted by atomic mass is 16.6. The largest absolute Gasteiger partial charge is 0.497 e. The molecular weight excluding hydrogens is 420 g/mol. The Labute approximate surface area is 192 Å². The molecule has 0 aliphatic heterocycles. The molecule has 0 fully saturated rings. The number of carbonyl (C=O) groups is 2. The van der Waals surface area contributed by atoms with Crippen LogP contribution in [0, 0.1) is 0 Å². The van der Waals surface area contributed by atoms with Gasteiger partial charge in [0, 0.05) is 22.8 Å². The Hall–Kier alpha value is -4.33. The van der Waals surface area contributed by atoms with Crippen LogP contribution < -0.4 is 20.8 Å².